The predicted molar refractivity (Wildman–Crippen MR) is 208 cm³/mol. The lowest BCUT2D eigenvalue weighted by molar-refractivity contribution is 0.464. The maximum atomic E-state index is 7.10. The first-order valence-electron chi connectivity index (χ1n) is 17.2. The summed E-state index contributed by atoms with van der Waals surface area (Å²) < 4.78 is 27.0. The maximum Gasteiger partial charge on any atom is 0.260 e. The molecule has 234 valence electrons. The van der Waals surface area contributed by atoms with Gasteiger partial charge in [-0.25, -0.2) is 0 Å². The molecule has 0 aliphatic carbocycles. The molecule has 0 radical (unpaired) electrons. The van der Waals surface area contributed by atoms with Crippen molar-refractivity contribution in [3.05, 3.63) is 127 Å². The van der Waals surface area contributed by atoms with E-state index in [4.69, 9.17) is 18.9 Å². The van der Waals surface area contributed by atoms with Gasteiger partial charge in [-0.2, -0.15) is 0 Å². The van der Waals surface area contributed by atoms with Crippen LogP contribution in [0.25, 0.3) is 0 Å². The molecule has 0 spiro atoms. The Morgan fingerprint density at radius 1 is 0.314 bits per heavy atom. The van der Waals surface area contributed by atoms with Crippen LogP contribution in [-0.4, -0.2) is 20.1 Å². The van der Waals surface area contributed by atoms with Crippen LogP contribution in [0.1, 0.15) is 0 Å². The third-order valence-corrected chi connectivity index (χ3v) is 13.5. The van der Waals surface area contributed by atoms with E-state index in [1.807, 2.05) is 35.7 Å². The third-order valence-electron chi connectivity index (χ3n) is 11.3. The molecule has 0 saturated carbocycles. The number of hydrogen-bond acceptors (Lipinski definition) is 6. The number of ether oxygens (including phenoxy) is 4. The van der Waals surface area contributed by atoms with Crippen LogP contribution in [0.3, 0.4) is 0 Å². The summed E-state index contributed by atoms with van der Waals surface area (Å²) in [5.41, 5.74) is 10.7. The highest BCUT2D eigenvalue weighted by Crippen LogP contribution is 2.45. The fourth-order valence-corrected chi connectivity index (χ4v) is 11.7. The minimum atomic E-state index is -0.0379. The number of para-hydroxylation sites is 3. The Morgan fingerprint density at radius 2 is 0.843 bits per heavy atom. The highest BCUT2D eigenvalue weighted by Gasteiger charge is 2.48. The molecule has 0 saturated heterocycles. The van der Waals surface area contributed by atoms with Gasteiger partial charge < -0.3 is 18.9 Å². The Morgan fingerprint density at radius 3 is 1.55 bits per heavy atom. The van der Waals surface area contributed by atoms with Gasteiger partial charge in [0.05, 0.1) is 0 Å². The van der Waals surface area contributed by atoms with E-state index in [2.05, 4.69) is 115 Å². The van der Waals surface area contributed by atoms with E-state index >= 15 is 0 Å². The molecular formula is C42H21B3O4S2. The summed E-state index contributed by atoms with van der Waals surface area (Å²) in [5.74, 6) is 7.13. The zero-order valence-electron chi connectivity index (χ0n) is 26.8. The molecule has 6 heterocycles. The van der Waals surface area contributed by atoms with Gasteiger partial charge in [-0.3, -0.25) is 0 Å². The van der Waals surface area contributed by atoms with Crippen LogP contribution in [0.15, 0.2) is 147 Å². The first-order chi connectivity index (χ1) is 25.3. The third kappa shape index (κ3) is 3.53. The molecule has 0 amide bonds. The molecule has 6 aliphatic rings. The number of hydrogen-bond donors (Lipinski definition) is 0. The van der Waals surface area contributed by atoms with Crippen molar-refractivity contribution in [1.29, 1.82) is 0 Å². The van der Waals surface area contributed by atoms with Crippen LogP contribution in [0.2, 0.25) is 0 Å². The van der Waals surface area contributed by atoms with Crippen LogP contribution in [0.4, 0.5) is 0 Å². The smallest absolute Gasteiger partial charge is 0.260 e. The summed E-state index contributed by atoms with van der Waals surface area (Å²) in [6.07, 6.45) is 0. The zero-order valence-corrected chi connectivity index (χ0v) is 28.4. The van der Waals surface area contributed by atoms with Gasteiger partial charge in [-0.1, -0.05) is 102 Å². The molecule has 7 aromatic carbocycles. The minimum Gasteiger partial charge on any atom is -0.459 e. The van der Waals surface area contributed by atoms with E-state index in [0.717, 1.165) is 62.4 Å². The van der Waals surface area contributed by atoms with Crippen molar-refractivity contribution >= 4 is 92.8 Å². The molecular weight excluding hydrogens is 665 g/mol. The molecule has 0 aromatic heterocycles. The van der Waals surface area contributed by atoms with Crippen LogP contribution in [0, 0.1) is 0 Å². The van der Waals surface area contributed by atoms with Crippen molar-refractivity contribution < 1.29 is 18.9 Å². The first-order valence-corrected chi connectivity index (χ1v) is 18.9. The lowest BCUT2D eigenvalue weighted by Crippen LogP contribution is -2.64. The second-order valence-corrected chi connectivity index (χ2v) is 16.0. The SMILES string of the molecule is c1ccc2c(c1)Oc1cccc3c1B2c1cc2c(cc1O3)Sc1cccc3c1B2c1c(cc2c4c1Oc1ccccc1B4c1ccccc1O2)S3. The first kappa shape index (κ1) is 27.4. The van der Waals surface area contributed by atoms with Gasteiger partial charge in [0.25, 0.3) is 20.1 Å². The highest BCUT2D eigenvalue weighted by atomic mass is 32.2. The fraction of sp³-hybridized carbons (Fsp3) is 0. The van der Waals surface area contributed by atoms with E-state index < -0.39 is 0 Å². The van der Waals surface area contributed by atoms with Crippen molar-refractivity contribution in [3.8, 4) is 46.0 Å². The number of benzene rings is 7. The number of fused-ring (bicyclic) bond motifs is 13. The predicted octanol–water partition coefficient (Wildman–Crippen LogP) is 4.59. The molecule has 0 atom stereocenters. The topological polar surface area (TPSA) is 36.9 Å². The van der Waals surface area contributed by atoms with E-state index in [-0.39, 0.29) is 20.1 Å². The molecule has 0 fully saturated rings. The van der Waals surface area contributed by atoms with E-state index in [1.54, 1.807) is 0 Å². The van der Waals surface area contributed by atoms with E-state index in [1.165, 1.54) is 52.4 Å². The molecule has 0 bridgehead atoms. The maximum absolute atomic E-state index is 7.10. The Balaban J connectivity index is 1.09. The van der Waals surface area contributed by atoms with Crippen molar-refractivity contribution in [3.63, 3.8) is 0 Å². The summed E-state index contributed by atoms with van der Waals surface area (Å²) in [6.45, 7) is -0.0300. The molecule has 0 N–H and O–H groups in total. The van der Waals surface area contributed by atoms with Crippen molar-refractivity contribution in [1.82, 2.24) is 0 Å². The summed E-state index contributed by atoms with van der Waals surface area (Å²) in [6, 6.07) is 45.2. The van der Waals surface area contributed by atoms with E-state index in [9.17, 15) is 0 Å². The van der Waals surface area contributed by atoms with Gasteiger partial charge >= 0.3 is 0 Å². The molecule has 4 nitrogen and oxygen atoms in total. The quantitative estimate of drug-likeness (QED) is 0.218. The molecule has 0 unspecified atom stereocenters. The van der Waals surface area contributed by atoms with Crippen LogP contribution < -0.4 is 68.1 Å². The fourth-order valence-electron chi connectivity index (χ4n) is 9.22. The zero-order chi connectivity index (χ0) is 32.9. The lowest BCUT2D eigenvalue weighted by atomic mass is 9.30. The standard InChI is InChI=1S/C42H21B3O4S2/c1-5-13-28-22(9-1)43-24-11-3-6-14-29(24)49-42-39(43)33(47-28)21-37-41(42)45-26-19-25-32(20-36(26)50-34-17-8-18-35(51-37)40(34)45)48-31-16-7-15-30-38(31)44(25)23-10-2-4-12-27(23)46-30/h1-21H. The molecule has 9 heteroatoms. The van der Waals surface area contributed by atoms with Gasteiger partial charge in [0.1, 0.15) is 46.0 Å². The van der Waals surface area contributed by atoms with Crippen LogP contribution in [0.5, 0.6) is 46.0 Å². The Bertz CT molecular complexity index is 2740. The van der Waals surface area contributed by atoms with Gasteiger partial charge in [-0.05, 0) is 87.4 Å². The second kappa shape index (κ2) is 9.69. The Kier molecular flexibility index (Phi) is 5.20. The Labute approximate surface area is 303 Å². The van der Waals surface area contributed by atoms with Crippen molar-refractivity contribution in [2.24, 2.45) is 0 Å². The minimum absolute atomic E-state index is 0.00595. The normalized spacial score (nSPS) is 15.0. The average molecular weight is 686 g/mol. The molecule has 51 heavy (non-hydrogen) atoms. The van der Waals surface area contributed by atoms with Gasteiger partial charge in [0, 0.05) is 30.5 Å². The molecule has 13 rings (SSSR count). The van der Waals surface area contributed by atoms with Crippen LogP contribution in [-0.2, 0) is 0 Å². The summed E-state index contributed by atoms with van der Waals surface area (Å²) in [4.78, 5) is 4.93. The summed E-state index contributed by atoms with van der Waals surface area (Å²) >= 11 is 3.67. The van der Waals surface area contributed by atoms with Gasteiger partial charge in [0.2, 0.25) is 0 Å². The Hall–Kier alpha value is -5.37. The number of rotatable bonds is 0. The largest absolute Gasteiger partial charge is 0.459 e. The lowest BCUT2D eigenvalue weighted by Gasteiger charge is -2.39. The second-order valence-electron chi connectivity index (χ2n) is 13.8. The van der Waals surface area contributed by atoms with Crippen LogP contribution >= 0.6 is 23.5 Å². The summed E-state index contributed by atoms with van der Waals surface area (Å²) in [5, 5.41) is 0. The van der Waals surface area contributed by atoms with Gasteiger partial charge in [-0.15, -0.1) is 0 Å². The molecule has 7 aromatic rings. The molecule has 6 aliphatic heterocycles. The van der Waals surface area contributed by atoms with Gasteiger partial charge in [0.15, 0.2) is 0 Å². The van der Waals surface area contributed by atoms with Crippen molar-refractivity contribution in [2.45, 2.75) is 19.6 Å². The monoisotopic (exact) mass is 686 g/mol. The summed E-state index contributed by atoms with van der Waals surface area (Å²) in [7, 11) is 0. The van der Waals surface area contributed by atoms with Crippen molar-refractivity contribution in [2.75, 3.05) is 0 Å². The van der Waals surface area contributed by atoms with E-state index in [0.29, 0.717) is 0 Å². The average Bonchev–Trinajstić information content (AvgIpc) is 3.17. The highest BCUT2D eigenvalue weighted by molar-refractivity contribution is 8.01.